The fourth-order valence-corrected chi connectivity index (χ4v) is 1.53. The molecule has 3 nitrogen and oxygen atoms in total. The number of hydrogen-bond donors (Lipinski definition) is 0. The van der Waals surface area contributed by atoms with Crippen molar-refractivity contribution < 1.29 is 0 Å². The molecule has 1 heterocycles. The second-order valence-electron chi connectivity index (χ2n) is 3.02. The first-order chi connectivity index (χ1) is 6.86. The van der Waals surface area contributed by atoms with E-state index in [4.69, 9.17) is 5.26 Å². The Hall–Kier alpha value is -1.95. The maximum atomic E-state index is 8.89. The summed E-state index contributed by atoms with van der Waals surface area (Å²) in [5.74, 6) is 0. The predicted octanol–water partition coefficient (Wildman–Crippen LogP) is 2.06. The molecule has 2 aromatic rings. The molecule has 2 rings (SSSR count). The Bertz CT molecular complexity index is 511. The molecule has 0 bridgehead atoms. The van der Waals surface area contributed by atoms with E-state index in [0.717, 1.165) is 17.3 Å². The molecule has 68 valence electrons. The van der Waals surface area contributed by atoms with E-state index in [1.807, 2.05) is 12.1 Å². The van der Waals surface area contributed by atoms with Gasteiger partial charge in [0.25, 0.3) is 0 Å². The van der Waals surface area contributed by atoms with Crippen LogP contribution in [-0.4, -0.2) is 9.97 Å². The number of nitriles is 1. The Morgan fingerprint density at radius 1 is 1.43 bits per heavy atom. The number of hydrogen-bond acceptors (Lipinski definition) is 3. The van der Waals surface area contributed by atoms with Gasteiger partial charge in [-0.05, 0) is 18.1 Å². The predicted molar refractivity (Wildman–Crippen MR) is 53.6 cm³/mol. The zero-order valence-electron chi connectivity index (χ0n) is 7.86. The van der Waals surface area contributed by atoms with Gasteiger partial charge in [-0.15, -0.1) is 0 Å². The summed E-state index contributed by atoms with van der Waals surface area (Å²) in [6.07, 6.45) is 4.17. The SMILES string of the molecule is CCc1ccc(C#N)c2ncncc12. The Morgan fingerprint density at radius 3 is 3.00 bits per heavy atom. The number of fused-ring (bicyclic) bond motifs is 1. The van der Waals surface area contributed by atoms with Gasteiger partial charge in [0.15, 0.2) is 0 Å². The quantitative estimate of drug-likeness (QED) is 0.680. The molecule has 1 aromatic carbocycles. The second-order valence-corrected chi connectivity index (χ2v) is 3.02. The fourth-order valence-electron chi connectivity index (χ4n) is 1.53. The number of rotatable bonds is 1. The number of nitrogens with zero attached hydrogens (tertiary/aromatic N) is 3. The minimum Gasteiger partial charge on any atom is -0.244 e. The van der Waals surface area contributed by atoms with Gasteiger partial charge in [-0.1, -0.05) is 13.0 Å². The number of aromatic nitrogens is 2. The van der Waals surface area contributed by atoms with Crippen molar-refractivity contribution in [3.05, 3.63) is 35.8 Å². The molecule has 0 fully saturated rings. The van der Waals surface area contributed by atoms with E-state index in [-0.39, 0.29) is 0 Å². The van der Waals surface area contributed by atoms with Crippen LogP contribution in [0.4, 0.5) is 0 Å². The van der Waals surface area contributed by atoms with Crippen LogP contribution in [0.15, 0.2) is 24.7 Å². The molecule has 0 N–H and O–H groups in total. The van der Waals surface area contributed by atoms with Gasteiger partial charge in [-0.2, -0.15) is 5.26 Å². The number of aryl methyl sites for hydroxylation is 1. The Balaban J connectivity index is 2.87. The topological polar surface area (TPSA) is 49.6 Å². The van der Waals surface area contributed by atoms with Crippen molar-refractivity contribution in [3.63, 3.8) is 0 Å². The molecule has 0 amide bonds. The van der Waals surface area contributed by atoms with Crippen molar-refractivity contribution in [2.24, 2.45) is 0 Å². The maximum absolute atomic E-state index is 8.89. The molecule has 0 saturated heterocycles. The van der Waals surface area contributed by atoms with E-state index in [0.29, 0.717) is 5.56 Å². The summed E-state index contributed by atoms with van der Waals surface area (Å²) < 4.78 is 0. The van der Waals surface area contributed by atoms with Gasteiger partial charge < -0.3 is 0 Å². The summed E-state index contributed by atoms with van der Waals surface area (Å²) in [5, 5.41) is 9.87. The summed E-state index contributed by atoms with van der Waals surface area (Å²) in [5.41, 5.74) is 2.54. The molecule has 0 unspecified atom stereocenters. The van der Waals surface area contributed by atoms with Crippen LogP contribution in [0.3, 0.4) is 0 Å². The zero-order chi connectivity index (χ0) is 9.97. The molecule has 0 aliphatic heterocycles. The maximum Gasteiger partial charge on any atom is 0.116 e. The standard InChI is InChI=1S/C11H9N3/c1-2-8-3-4-9(5-12)11-10(8)6-13-7-14-11/h3-4,6-7H,2H2,1H3. The van der Waals surface area contributed by atoms with E-state index in [2.05, 4.69) is 23.0 Å². The third-order valence-electron chi connectivity index (χ3n) is 2.27. The van der Waals surface area contributed by atoms with Crippen LogP contribution in [0.1, 0.15) is 18.1 Å². The van der Waals surface area contributed by atoms with Crippen molar-refractivity contribution in [2.45, 2.75) is 13.3 Å². The smallest absolute Gasteiger partial charge is 0.116 e. The average molecular weight is 183 g/mol. The van der Waals surface area contributed by atoms with Crippen molar-refractivity contribution >= 4 is 10.9 Å². The van der Waals surface area contributed by atoms with Gasteiger partial charge >= 0.3 is 0 Å². The lowest BCUT2D eigenvalue weighted by Gasteiger charge is -2.03. The highest BCUT2D eigenvalue weighted by atomic mass is 14.8. The Kier molecular flexibility index (Phi) is 2.11. The normalized spacial score (nSPS) is 10.0. The third-order valence-corrected chi connectivity index (χ3v) is 2.27. The van der Waals surface area contributed by atoms with E-state index in [9.17, 15) is 0 Å². The second kappa shape index (κ2) is 3.43. The zero-order valence-corrected chi connectivity index (χ0v) is 7.86. The van der Waals surface area contributed by atoms with E-state index < -0.39 is 0 Å². The van der Waals surface area contributed by atoms with E-state index in [1.54, 1.807) is 6.20 Å². The van der Waals surface area contributed by atoms with Gasteiger partial charge in [0.05, 0.1) is 11.1 Å². The molecule has 0 radical (unpaired) electrons. The van der Waals surface area contributed by atoms with E-state index in [1.165, 1.54) is 11.9 Å². The molecular weight excluding hydrogens is 174 g/mol. The van der Waals surface area contributed by atoms with Crippen LogP contribution in [0.2, 0.25) is 0 Å². The van der Waals surface area contributed by atoms with Crippen molar-refractivity contribution in [2.75, 3.05) is 0 Å². The summed E-state index contributed by atoms with van der Waals surface area (Å²) in [4.78, 5) is 8.10. The average Bonchev–Trinajstić information content (AvgIpc) is 2.27. The fraction of sp³-hybridized carbons (Fsp3) is 0.182. The van der Waals surface area contributed by atoms with Crippen molar-refractivity contribution in [3.8, 4) is 6.07 Å². The minimum atomic E-state index is 0.611. The van der Waals surface area contributed by atoms with Crippen LogP contribution in [0.25, 0.3) is 10.9 Å². The van der Waals surface area contributed by atoms with Gasteiger partial charge in [0.1, 0.15) is 12.4 Å². The van der Waals surface area contributed by atoms with Gasteiger partial charge in [-0.25, -0.2) is 9.97 Å². The van der Waals surface area contributed by atoms with Crippen LogP contribution in [-0.2, 0) is 6.42 Å². The Morgan fingerprint density at radius 2 is 2.29 bits per heavy atom. The largest absolute Gasteiger partial charge is 0.244 e. The molecule has 0 aliphatic rings. The van der Waals surface area contributed by atoms with Crippen LogP contribution in [0.5, 0.6) is 0 Å². The monoisotopic (exact) mass is 183 g/mol. The molecule has 14 heavy (non-hydrogen) atoms. The lowest BCUT2D eigenvalue weighted by Crippen LogP contribution is -1.90. The van der Waals surface area contributed by atoms with Crippen LogP contribution >= 0.6 is 0 Å². The van der Waals surface area contributed by atoms with Gasteiger partial charge in [0, 0.05) is 11.6 Å². The highest BCUT2D eigenvalue weighted by Gasteiger charge is 2.04. The van der Waals surface area contributed by atoms with Crippen LogP contribution < -0.4 is 0 Å². The molecule has 0 spiro atoms. The lowest BCUT2D eigenvalue weighted by molar-refractivity contribution is 1.14. The van der Waals surface area contributed by atoms with Gasteiger partial charge in [0.2, 0.25) is 0 Å². The molecule has 0 saturated carbocycles. The molecule has 0 atom stereocenters. The molecule has 1 aromatic heterocycles. The molecule has 0 aliphatic carbocycles. The highest BCUT2D eigenvalue weighted by molar-refractivity contribution is 5.86. The first kappa shape index (κ1) is 8.64. The third kappa shape index (κ3) is 1.21. The summed E-state index contributed by atoms with van der Waals surface area (Å²) in [6.45, 7) is 2.08. The Labute approximate surface area is 82.0 Å². The van der Waals surface area contributed by atoms with Crippen LogP contribution in [0, 0.1) is 11.3 Å². The highest BCUT2D eigenvalue weighted by Crippen LogP contribution is 2.19. The van der Waals surface area contributed by atoms with Crippen molar-refractivity contribution in [1.29, 1.82) is 5.26 Å². The number of benzene rings is 1. The molecular formula is C11H9N3. The van der Waals surface area contributed by atoms with Crippen molar-refractivity contribution in [1.82, 2.24) is 9.97 Å². The van der Waals surface area contributed by atoms with E-state index >= 15 is 0 Å². The molecule has 3 heteroatoms. The van der Waals surface area contributed by atoms with Gasteiger partial charge in [-0.3, -0.25) is 0 Å². The summed E-state index contributed by atoms with van der Waals surface area (Å²) in [7, 11) is 0. The first-order valence-electron chi connectivity index (χ1n) is 4.48. The summed E-state index contributed by atoms with van der Waals surface area (Å²) in [6, 6.07) is 5.91. The first-order valence-corrected chi connectivity index (χ1v) is 4.48. The minimum absolute atomic E-state index is 0.611. The summed E-state index contributed by atoms with van der Waals surface area (Å²) >= 11 is 0. The lowest BCUT2D eigenvalue weighted by atomic mass is 10.0.